The molecule has 1 fully saturated rings. The quantitative estimate of drug-likeness (QED) is 0.666. The van der Waals surface area contributed by atoms with Gasteiger partial charge in [-0.25, -0.2) is 4.98 Å². The van der Waals surface area contributed by atoms with E-state index in [1.165, 1.54) is 11.3 Å². The minimum atomic E-state index is 0.481. The molecular weight excluding hydrogens is 182 g/mol. The Morgan fingerprint density at radius 3 is 2.91 bits per heavy atom. The van der Waals surface area contributed by atoms with E-state index in [4.69, 9.17) is 11.6 Å². The van der Waals surface area contributed by atoms with Crippen molar-refractivity contribution >= 4 is 29.2 Å². The van der Waals surface area contributed by atoms with Crippen molar-refractivity contribution in [3.8, 4) is 0 Å². The molecule has 0 saturated heterocycles. The number of hydrogen-bond donors (Lipinski definition) is 0. The number of nitrogens with zero attached hydrogens (tertiary/aromatic N) is 1. The van der Waals surface area contributed by atoms with Crippen LogP contribution >= 0.6 is 22.9 Å². The fraction of sp³-hybridized carbons (Fsp3) is 0.429. The third-order valence-corrected chi connectivity index (χ3v) is 2.83. The molecule has 1 aliphatic carbocycles. The van der Waals surface area contributed by atoms with E-state index in [0.717, 1.165) is 24.8 Å². The van der Waals surface area contributed by atoms with Crippen LogP contribution in [-0.4, -0.2) is 11.3 Å². The van der Waals surface area contributed by atoms with E-state index >= 15 is 0 Å². The maximum atomic E-state index is 10.5. The van der Waals surface area contributed by atoms with Crippen LogP contribution in [0.15, 0.2) is 0 Å². The number of aldehydes is 1. The van der Waals surface area contributed by atoms with Gasteiger partial charge in [0.05, 0.1) is 10.6 Å². The first-order chi connectivity index (χ1) is 5.31. The third kappa shape index (κ3) is 1.30. The van der Waals surface area contributed by atoms with Gasteiger partial charge in [-0.15, -0.1) is 0 Å². The minimum Gasteiger partial charge on any atom is -0.297 e. The number of rotatable bonds is 2. The highest BCUT2D eigenvalue weighted by molar-refractivity contribution is 7.17. The first-order valence-corrected chi connectivity index (χ1v) is 4.62. The SMILES string of the molecule is O=Cc1sc(Cl)nc1C1CC1. The minimum absolute atomic E-state index is 0.481. The van der Waals surface area contributed by atoms with E-state index in [1.54, 1.807) is 0 Å². The van der Waals surface area contributed by atoms with Crippen LogP contribution in [0.4, 0.5) is 0 Å². The van der Waals surface area contributed by atoms with Gasteiger partial charge in [0, 0.05) is 5.92 Å². The van der Waals surface area contributed by atoms with Crippen molar-refractivity contribution in [2.24, 2.45) is 0 Å². The predicted octanol–water partition coefficient (Wildman–Crippen LogP) is 2.49. The van der Waals surface area contributed by atoms with Crippen molar-refractivity contribution < 1.29 is 4.79 Å². The van der Waals surface area contributed by atoms with Crippen LogP contribution in [0.1, 0.15) is 34.1 Å². The summed E-state index contributed by atoms with van der Waals surface area (Å²) >= 11 is 6.93. The largest absolute Gasteiger partial charge is 0.297 e. The number of thiazole rings is 1. The summed E-state index contributed by atoms with van der Waals surface area (Å²) in [7, 11) is 0. The highest BCUT2D eigenvalue weighted by Crippen LogP contribution is 2.42. The Labute approximate surface area is 73.2 Å². The molecule has 2 rings (SSSR count). The summed E-state index contributed by atoms with van der Waals surface area (Å²) in [4.78, 5) is 15.3. The molecule has 0 amide bonds. The van der Waals surface area contributed by atoms with Gasteiger partial charge in [-0.2, -0.15) is 0 Å². The Balaban J connectivity index is 2.41. The second kappa shape index (κ2) is 2.57. The fourth-order valence-corrected chi connectivity index (χ4v) is 2.08. The van der Waals surface area contributed by atoms with Gasteiger partial charge < -0.3 is 0 Å². The summed E-state index contributed by atoms with van der Waals surface area (Å²) in [5.74, 6) is 0.513. The van der Waals surface area contributed by atoms with Crippen LogP contribution in [0, 0.1) is 0 Å². The number of carbonyl (C=O) groups is 1. The molecule has 11 heavy (non-hydrogen) atoms. The summed E-state index contributed by atoms with van der Waals surface area (Å²) in [6, 6.07) is 0. The van der Waals surface area contributed by atoms with Gasteiger partial charge in [-0.3, -0.25) is 4.79 Å². The van der Waals surface area contributed by atoms with Gasteiger partial charge in [0.1, 0.15) is 0 Å². The number of hydrogen-bond acceptors (Lipinski definition) is 3. The topological polar surface area (TPSA) is 30.0 Å². The molecule has 1 saturated carbocycles. The highest BCUT2D eigenvalue weighted by atomic mass is 35.5. The van der Waals surface area contributed by atoms with Crippen molar-refractivity contribution in [2.75, 3.05) is 0 Å². The smallest absolute Gasteiger partial charge is 0.184 e. The molecule has 0 N–H and O–H groups in total. The average Bonchev–Trinajstić information content (AvgIpc) is 2.75. The molecule has 1 aromatic rings. The first kappa shape index (κ1) is 7.25. The zero-order chi connectivity index (χ0) is 7.84. The molecule has 0 atom stereocenters. The average molecular weight is 188 g/mol. The molecule has 0 unspecified atom stereocenters. The number of aromatic nitrogens is 1. The van der Waals surface area contributed by atoms with Crippen LogP contribution < -0.4 is 0 Å². The van der Waals surface area contributed by atoms with E-state index in [2.05, 4.69) is 4.98 Å². The van der Waals surface area contributed by atoms with Crippen molar-refractivity contribution in [1.29, 1.82) is 0 Å². The maximum Gasteiger partial charge on any atom is 0.184 e. The molecular formula is C7H6ClNOS. The van der Waals surface area contributed by atoms with E-state index in [9.17, 15) is 4.79 Å². The lowest BCUT2D eigenvalue weighted by atomic mass is 10.3. The van der Waals surface area contributed by atoms with Gasteiger partial charge in [0.15, 0.2) is 10.8 Å². The van der Waals surface area contributed by atoms with Gasteiger partial charge in [0.25, 0.3) is 0 Å². The normalized spacial score (nSPS) is 16.8. The summed E-state index contributed by atoms with van der Waals surface area (Å²) in [5.41, 5.74) is 0.912. The molecule has 0 bridgehead atoms. The Kier molecular flexibility index (Phi) is 1.69. The molecule has 0 aliphatic heterocycles. The van der Waals surface area contributed by atoms with Crippen LogP contribution in [0.2, 0.25) is 4.47 Å². The summed E-state index contributed by atoms with van der Waals surface area (Å²) in [6.07, 6.45) is 3.15. The van der Waals surface area contributed by atoms with Crippen LogP contribution in [0.25, 0.3) is 0 Å². The van der Waals surface area contributed by atoms with E-state index < -0.39 is 0 Å². The Bertz CT molecular complexity index is 293. The molecule has 0 spiro atoms. The lowest BCUT2D eigenvalue weighted by Gasteiger charge is -1.87. The predicted molar refractivity (Wildman–Crippen MR) is 44.5 cm³/mol. The molecule has 58 valence electrons. The van der Waals surface area contributed by atoms with Gasteiger partial charge >= 0.3 is 0 Å². The molecule has 0 radical (unpaired) electrons. The molecule has 1 aromatic heterocycles. The second-order valence-electron chi connectivity index (χ2n) is 2.61. The first-order valence-electron chi connectivity index (χ1n) is 3.42. The standard InChI is InChI=1S/C7H6ClNOS/c8-7-9-6(4-1-2-4)5(3-10)11-7/h3-4H,1-2H2. The molecule has 1 aliphatic rings. The van der Waals surface area contributed by atoms with Crippen LogP contribution in [-0.2, 0) is 0 Å². The monoisotopic (exact) mass is 187 g/mol. The summed E-state index contributed by atoms with van der Waals surface area (Å²) < 4.78 is 0.481. The van der Waals surface area contributed by atoms with Gasteiger partial charge in [-0.05, 0) is 12.8 Å². The van der Waals surface area contributed by atoms with Gasteiger partial charge in [0.2, 0.25) is 0 Å². The van der Waals surface area contributed by atoms with E-state index in [0.29, 0.717) is 15.3 Å². The van der Waals surface area contributed by atoms with E-state index in [-0.39, 0.29) is 0 Å². The lowest BCUT2D eigenvalue weighted by molar-refractivity contribution is 0.112. The third-order valence-electron chi connectivity index (χ3n) is 1.73. The zero-order valence-electron chi connectivity index (χ0n) is 5.71. The summed E-state index contributed by atoms with van der Waals surface area (Å²) in [5, 5.41) is 0. The Hall–Kier alpha value is -0.410. The molecule has 2 nitrogen and oxygen atoms in total. The van der Waals surface area contributed by atoms with Crippen LogP contribution in [0.5, 0.6) is 0 Å². The van der Waals surface area contributed by atoms with E-state index in [1.807, 2.05) is 0 Å². The van der Waals surface area contributed by atoms with Crippen molar-refractivity contribution in [3.05, 3.63) is 15.0 Å². The Morgan fingerprint density at radius 2 is 2.36 bits per heavy atom. The number of carbonyl (C=O) groups excluding carboxylic acids is 1. The second-order valence-corrected chi connectivity index (χ2v) is 4.22. The number of halogens is 1. The van der Waals surface area contributed by atoms with Crippen molar-refractivity contribution in [2.45, 2.75) is 18.8 Å². The Morgan fingerprint density at radius 1 is 1.64 bits per heavy atom. The lowest BCUT2D eigenvalue weighted by Crippen LogP contribution is -1.84. The zero-order valence-corrected chi connectivity index (χ0v) is 7.28. The van der Waals surface area contributed by atoms with Gasteiger partial charge in [-0.1, -0.05) is 22.9 Å². The van der Waals surface area contributed by atoms with Crippen LogP contribution in [0.3, 0.4) is 0 Å². The fourth-order valence-electron chi connectivity index (χ4n) is 1.05. The molecule has 1 heterocycles. The molecule has 0 aromatic carbocycles. The molecule has 4 heteroatoms. The maximum absolute atomic E-state index is 10.5. The van der Waals surface area contributed by atoms with Crippen molar-refractivity contribution in [3.63, 3.8) is 0 Å². The van der Waals surface area contributed by atoms with Crippen molar-refractivity contribution in [1.82, 2.24) is 4.98 Å². The highest BCUT2D eigenvalue weighted by Gasteiger charge is 2.29. The summed E-state index contributed by atoms with van der Waals surface area (Å²) in [6.45, 7) is 0.